The average Bonchev–Trinajstić information content (AvgIpc) is 3.03. The maximum atomic E-state index is 12.0. The number of hydrogen-bond donors (Lipinski definition) is 0. The lowest BCUT2D eigenvalue weighted by Gasteiger charge is -2.15. The van der Waals surface area contributed by atoms with Crippen molar-refractivity contribution in [3.05, 3.63) is 34.2 Å². The van der Waals surface area contributed by atoms with Gasteiger partial charge in [-0.25, -0.2) is 4.79 Å². The number of nitrogens with zero attached hydrogens (tertiary/aromatic N) is 2. The van der Waals surface area contributed by atoms with Crippen LogP contribution in [-0.2, 0) is 14.1 Å². The number of halogens is 1. The van der Waals surface area contributed by atoms with Crippen molar-refractivity contribution in [3.63, 3.8) is 0 Å². The molecule has 3 nitrogen and oxygen atoms in total. The van der Waals surface area contributed by atoms with Gasteiger partial charge in [-0.1, -0.05) is 47.7 Å². The highest BCUT2D eigenvalue weighted by molar-refractivity contribution is 9.09. The van der Waals surface area contributed by atoms with E-state index in [2.05, 4.69) is 34.1 Å². The zero-order valence-electron chi connectivity index (χ0n) is 12.1. The van der Waals surface area contributed by atoms with Gasteiger partial charge >= 0.3 is 5.69 Å². The number of aryl methyl sites for hydroxylation is 2. The molecule has 0 spiro atoms. The van der Waals surface area contributed by atoms with E-state index in [1.54, 1.807) is 9.13 Å². The lowest BCUT2D eigenvalue weighted by molar-refractivity contribution is 0.502. The molecule has 3 rings (SSSR count). The Morgan fingerprint density at radius 2 is 1.85 bits per heavy atom. The molecule has 108 valence electrons. The second kappa shape index (κ2) is 5.40. The number of hydrogen-bond acceptors (Lipinski definition) is 1. The first-order valence-corrected chi connectivity index (χ1v) is 8.29. The number of fused-ring (bicyclic) bond motifs is 1. The third-order valence-electron chi connectivity index (χ3n) is 4.67. The molecular weight excluding hydrogens is 316 g/mol. The first-order valence-electron chi connectivity index (χ1n) is 7.37. The summed E-state index contributed by atoms with van der Waals surface area (Å²) in [6, 6.07) is 6.37. The van der Waals surface area contributed by atoms with Crippen molar-refractivity contribution in [2.45, 2.75) is 36.9 Å². The van der Waals surface area contributed by atoms with Crippen LogP contribution in [0, 0.1) is 5.92 Å². The molecule has 1 aromatic carbocycles. The van der Waals surface area contributed by atoms with Crippen LogP contribution in [0.1, 0.15) is 42.5 Å². The highest BCUT2D eigenvalue weighted by Gasteiger charge is 2.20. The van der Waals surface area contributed by atoms with E-state index in [-0.39, 0.29) is 5.69 Å². The molecule has 0 aliphatic heterocycles. The monoisotopic (exact) mass is 336 g/mol. The molecule has 1 aliphatic rings. The number of benzene rings is 1. The van der Waals surface area contributed by atoms with Crippen LogP contribution in [0.5, 0.6) is 0 Å². The SMILES string of the molecule is Cn1c(=O)n(C)c2cc(C(Br)CC3CCCC3)ccc21. The largest absolute Gasteiger partial charge is 0.328 e. The summed E-state index contributed by atoms with van der Waals surface area (Å²) in [5, 5.41) is 0. The third-order valence-corrected chi connectivity index (χ3v) is 5.58. The van der Waals surface area contributed by atoms with E-state index in [1.165, 1.54) is 37.7 Å². The molecule has 4 heteroatoms. The van der Waals surface area contributed by atoms with E-state index in [4.69, 9.17) is 0 Å². The lowest BCUT2D eigenvalue weighted by atomic mass is 9.98. The number of imidazole rings is 1. The molecule has 1 atom stereocenters. The summed E-state index contributed by atoms with van der Waals surface area (Å²) >= 11 is 3.84. The normalized spacial score (nSPS) is 17.9. The Morgan fingerprint density at radius 1 is 1.20 bits per heavy atom. The Morgan fingerprint density at radius 3 is 2.55 bits per heavy atom. The fourth-order valence-corrected chi connectivity index (χ4v) is 4.21. The molecule has 0 radical (unpaired) electrons. The highest BCUT2D eigenvalue weighted by Crippen LogP contribution is 2.37. The molecule has 1 aliphatic carbocycles. The van der Waals surface area contributed by atoms with Crippen molar-refractivity contribution >= 4 is 27.0 Å². The van der Waals surface area contributed by atoms with Gasteiger partial charge in [0, 0.05) is 18.9 Å². The summed E-state index contributed by atoms with van der Waals surface area (Å²) in [7, 11) is 3.67. The second-order valence-corrected chi connectivity index (χ2v) is 7.11. The summed E-state index contributed by atoms with van der Waals surface area (Å²) in [6.45, 7) is 0. The van der Waals surface area contributed by atoms with Crippen molar-refractivity contribution in [1.82, 2.24) is 9.13 Å². The van der Waals surface area contributed by atoms with Crippen LogP contribution in [0.15, 0.2) is 23.0 Å². The zero-order chi connectivity index (χ0) is 14.3. The quantitative estimate of drug-likeness (QED) is 0.781. The second-order valence-electron chi connectivity index (χ2n) is 6.00. The fourth-order valence-electron chi connectivity index (χ4n) is 3.39. The molecular formula is C16H21BrN2O. The van der Waals surface area contributed by atoms with Crippen LogP contribution in [0.3, 0.4) is 0 Å². The summed E-state index contributed by atoms with van der Waals surface area (Å²) in [5.74, 6) is 0.856. The molecule has 20 heavy (non-hydrogen) atoms. The molecule has 2 aromatic rings. The predicted octanol–water partition coefficient (Wildman–Crippen LogP) is 3.89. The van der Waals surface area contributed by atoms with Crippen molar-refractivity contribution < 1.29 is 0 Å². The first kappa shape index (κ1) is 13.9. The Labute approximate surface area is 127 Å². The van der Waals surface area contributed by atoms with E-state index in [0.29, 0.717) is 4.83 Å². The maximum Gasteiger partial charge on any atom is 0.328 e. The van der Waals surface area contributed by atoms with Crippen molar-refractivity contribution in [1.29, 1.82) is 0 Å². The van der Waals surface area contributed by atoms with Gasteiger partial charge in [-0.15, -0.1) is 0 Å². The Hall–Kier alpha value is -1.03. The Bertz CT molecular complexity index is 680. The van der Waals surface area contributed by atoms with Crippen LogP contribution in [0.2, 0.25) is 0 Å². The fraction of sp³-hybridized carbons (Fsp3) is 0.562. The van der Waals surface area contributed by atoms with Crippen LogP contribution in [0.25, 0.3) is 11.0 Å². The van der Waals surface area contributed by atoms with Gasteiger partial charge in [0.2, 0.25) is 0 Å². The minimum absolute atomic E-state index is 0.0408. The zero-order valence-corrected chi connectivity index (χ0v) is 13.7. The van der Waals surface area contributed by atoms with Crippen LogP contribution in [0.4, 0.5) is 0 Å². The van der Waals surface area contributed by atoms with Crippen molar-refractivity contribution in [3.8, 4) is 0 Å². The van der Waals surface area contributed by atoms with Crippen molar-refractivity contribution in [2.24, 2.45) is 20.0 Å². The number of alkyl halides is 1. The molecule has 1 unspecified atom stereocenters. The minimum atomic E-state index is 0.0408. The van der Waals surface area contributed by atoms with Gasteiger partial charge in [0.1, 0.15) is 0 Å². The van der Waals surface area contributed by atoms with Gasteiger partial charge < -0.3 is 0 Å². The van der Waals surface area contributed by atoms with Gasteiger partial charge in [-0.3, -0.25) is 9.13 Å². The van der Waals surface area contributed by atoms with E-state index in [0.717, 1.165) is 17.0 Å². The van der Waals surface area contributed by atoms with Gasteiger partial charge in [-0.2, -0.15) is 0 Å². The molecule has 1 saturated carbocycles. The van der Waals surface area contributed by atoms with E-state index < -0.39 is 0 Å². The van der Waals surface area contributed by atoms with E-state index >= 15 is 0 Å². The van der Waals surface area contributed by atoms with Gasteiger partial charge in [-0.05, 0) is 30.0 Å². The Kier molecular flexibility index (Phi) is 3.76. The molecule has 0 N–H and O–H groups in total. The van der Waals surface area contributed by atoms with E-state index in [1.807, 2.05) is 14.1 Å². The number of aromatic nitrogens is 2. The molecule has 0 amide bonds. The van der Waals surface area contributed by atoms with E-state index in [9.17, 15) is 4.79 Å². The molecule has 0 saturated heterocycles. The standard InChI is InChI=1S/C16H21BrN2O/c1-18-14-8-7-12(10-15(14)19(2)16(18)20)13(17)9-11-5-3-4-6-11/h7-8,10-11,13H,3-6,9H2,1-2H3. The summed E-state index contributed by atoms with van der Waals surface area (Å²) in [5.41, 5.74) is 3.34. The van der Waals surface area contributed by atoms with Crippen LogP contribution < -0.4 is 5.69 Å². The van der Waals surface area contributed by atoms with Gasteiger partial charge in [0.25, 0.3) is 0 Å². The lowest BCUT2D eigenvalue weighted by Crippen LogP contribution is -2.19. The predicted molar refractivity (Wildman–Crippen MR) is 86.4 cm³/mol. The maximum absolute atomic E-state index is 12.0. The summed E-state index contributed by atoms with van der Waals surface area (Å²) < 4.78 is 3.44. The molecule has 1 fully saturated rings. The smallest absolute Gasteiger partial charge is 0.295 e. The average molecular weight is 337 g/mol. The molecule has 1 heterocycles. The van der Waals surface area contributed by atoms with Crippen molar-refractivity contribution in [2.75, 3.05) is 0 Å². The van der Waals surface area contributed by atoms with Gasteiger partial charge in [0.05, 0.1) is 11.0 Å². The molecule has 0 bridgehead atoms. The third kappa shape index (κ3) is 2.34. The van der Waals surface area contributed by atoms with Gasteiger partial charge in [0.15, 0.2) is 0 Å². The molecule has 1 aromatic heterocycles. The summed E-state index contributed by atoms with van der Waals surface area (Å²) in [6.07, 6.45) is 6.71. The topological polar surface area (TPSA) is 26.9 Å². The minimum Gasteiger partial charge on any atom is -0.295 e. The highest BCUT2D eigenvalue weighted by atomic mass is 79.9. The first-order chi connectivity index (χ1) is 9.58. The Balaban J connectivity index is 1.92. The summed E-state index contributed by atoms with van der Waals surface area (Å²) in [4.78, 5) is 12.4. The van der Waals surface area contributed by atoms with Crippen LogP contribution >= 0.6 is 15.9 Å². The van der Waals surface area contributed by atoms with Crippen LogP contribution in [-0.4, -0.2) is 9.13 Å². The number of rotatable bonds is 3.